The summed E-state index contributed by atoms with van der Waals surface area (Å²) in [6, 6.07) is 7.99. The first-order valence-electron chi connectivity index (χ1n) is 11.7. The number of pyridine rings is 1. The van der Waals surface area contributed by atoms with Gasteiger partial charge in [-0.3, -0.25) is 14.6 Å². The Morgan fingerprint density at radius 3 is 2.76 bits per heavy atom. The number of carbonyl (C=O) groups is 2. The Bertz CT molecular complexity index is 1160. The molecule has 2 atom stereocenters. The van der Waals surface area contributed by atoms with Gasteiger partial charge in [0, 0.05) is 48.6 Å². The van der Waals surface area contributed by atoms with Crippen molar-refractivity contribution >= 4 is 22.6 Å². The molecule has 0 spiro atoms. The van der Waals surface area contributed by atoms with Crippen LogP contribution in [-0.2, 0) is 9.59 Å². The van der Waals surface area contributed by atoms with Gasteiger partial charge in [-0.15, -0.1) is 0 Å². The summed E-state index contributed by atoms with van der Waals surface area (Å²) < 4.78 is 27.3. The molecular weight excluding hydrogens is 440 g/mol. The van der Waals surface area contributed by atoms with Gasteiger partial charge in [-0.1, -0.05) is 25.0 Å². The van der Waals surface area contributed by atoms with Crippen LogP contribution in [0, 0.1) is 5.92 Å². The van der Waals surface area contributed by atoms with Crippen LogP contribution in [0.1, 0.15) is 56.7 Å². The lowest BCUT2D eigenvalue weighted by atomic mass is 9.80. The van der Waals surface area contributed by atoms with E-state index in [0.717, 1.165) is 34.9 Å². The minimum atomic E-state index is -2.92. The van der Waals surface area contributed by atoms with Crippen LogP contribution in [0.15, 0.2) is 42.9 Å². The monoisotopic (exact) mass is 469 g/mol. The van der Waals surface area contributed by atoms with Gasteiger partial charge < -0.3 is 16.0 Å². The summed E-state index contributed by atoms with van der Waals surface area (Å²) in [7, 11) is 0. The predicted octanol–water partition coefficient (Wildman–Crippen LogP) is 4.31. The fraction of sp³-hybridized carbons (Fsp3) is 0.440. The third-order valence-corrected chi connectivity index (χ3v) is 6.52. The van der Waals surface area contributed by atoms with Crippen molar-refractivity contribution in [1.82, 2.24) is 20.3 Å². The molecule has 0 saturated heterocycles. The highest BCUT2D eigenvalue weighted by Crippen LogP contribution is 2.43. The van der Waals surface area contributed by atoms with Crippen LogP contribution in [0.4, 0.5) is 8.78 Å². The zero-order valence-corrected chi connectivity index (χ0v) is 18.9. The van der Waals surface area contributed by atoms with E-state index in [1.807, 2.05) is 24.3 Å². The summed E-state index contributed by atoms with van der Waals surface area (Å²) in [6.45, 7) is 0.218. The number of nitrogens with zero attached hydrogens (tertiary/aromatic N) is 2. The lowest BCUT2D eigenvalue weighted by Crippen LogP contribution is -2.49. The summed E-state index contributed by atoms with van der Waals surface area (Å²) in [5, 5.41) is 4.81. The summed E-state index contributed by atoms with van der Waals surface area (Å²) in [5.74, 6) is -4.58. The highest BCUT2D eigenvalue weighted by Gasteiger charge is 2.52. The maximum Gasteiger partial charge on any atom is 0.259 e. The summed E-state index contributed by atoms with van der Waals surface area (Å²) in [5.41, 5.74) is 6.99. The standard InChI is InChI=1S/C25H29F2N5O2/c26-25(27)10-8-20(25)24(34)31-14-18(4-2-1-3-5-22(28)33)23-30-15-21(32-23)17-7-6-16-9-11-29-13-19(16)12-17/h6-7,9,11-13,15,18,20H,1-5,8,10,14H2,(H2,28,33)(H,30,32)(H,31,34). The molecule has 2 heterocycles. The average Bonchev–Trinajstić information content (AvgIpc) is 3.29. The Morgan fingerprint density at radius 2 is 2.03 bits per heavy atom. The number of hydrogen-bond donors (Lipinski definition) is 3. The second-order valence-corrected chi connectivity index (χ2v) is 8.98. The number of fused-ring (bicyclic) bond motifs is 1. The van der Waals surface area contributed by atoms with Crippen molar-refractivity contribution in [3.8, 4) is 11.3 Å². The molecule has 0 radical (unpaired) electrons. The lowest BCUT2D eigenvalue weighted by molar-refractivity contribution is -0.162. The second kappa shape index (κ2) is 10.3. The van der Waals surface area contributed by atoms with E-state index in [4.69, 9.17) is 5.73 Å². The van der Waals surface area contributed by atoms with Gasteiger partial charge in [0.15, 0.2) is 0 Å². The van der Waals surface area contributed by atoms with Crippen molar-refractivity contribution in [2.75, 3.05) is 6.54 Å². The molecule has 4 N–H and O–H groups in total. The van der Waals surface area contributed by atoms with Gasteiger partial charge in [-0.25, -0.2) is 13.8 Å². The second-order valence-electron chi connectivity index (χ2n) is 8.98. The molecule has 1 fully saturated rings. The molecule has 1 saturated carbocycles. The van der Waals surface area contributed by atoms with Crippen molar-refractivity contribution < 1.29 is 18.4 Å². The maximum atomic E-state index is 13.6. The molecule has 34 heavy (non-hydrogen) atoms. The number of carbonyl (C=O) groups excluding carboxylic acids is 2. The van der Waals surface area contributed by atoms with E-state index in [1.54, 1.807) is 18.6 Å². The molecule has 9 heteroatoms. The first-order valence-corrected chi connectivity index (χ1v) is 11.7. The molecular formula is C25H29F2N5O2. The van der Waals surface area contributed by atoms with E-state index in [-0.39, 0.29) is 31.2 Å². The highest BCUT2D eigenvalue weighted by molar-refractivity contribution is 5.86. The number of primary amides is 1. The molecule has 0 aliphatic heterocycles. The molecule has 2 unspecified atom stereocenters. The molecule has 3 aromatic rings. The molecule has 0 bridgehead atoms. The number of hydrogen-bond acceptors (Lipinski definition) is 4. The van der Waals surface area contributed by atoms with Crippen molar-refractivity contribution in [2.45, 2.75) is 56.8 Å². The number of alkyl halides is 2. The van der Waals surface area contributed by atoms with E-state index >= 15 is 0 Å². The van der Waals surface area contributed by atoms with Crippen molar-refractivity contribution in [2.24, 2.45) is 11.7 Å². The number of imidazole rings is 1. The Balaban J connectivity index is 1.45. The number of nitrogens with one attached hydrogen (secondary N) is 2. The van der Waals surface area contributed by atoms with Crippen LogP contribution in [0.2, 0.25) is 0 Å². The zero-order valence-electron chi connectivity index (χ0n) is 18.9. The summed E-state index contributed by atoms with van der Waals surface area (Å²) in [6.07, 6.45) is 8.58. The molecule has 2 amide bonds. The molecule has 4 rings (SSSR count). The van der Waals surface area contributed by atoms with Gasteiger partial charge in [0.25, 0.3) is 5.92 Å². The van der Waals surface area contributed by atoms with Crippen LogP contribution in [0.25, 0.3) is 22.0 Å². The Hall–Kier alpha value is -3.36. The van der Waals surface area contributed by atoms with Crippen LogP contribution in [0.5, 0.6) is 0 Å². The Labute approximate surface area is 196 Å². The average molecular weight is 470 g/mol. The molecule has 1 aliphatic rings. The predicted molar refractivity (Wildman–Crippen MR) is 125 cm³/mol. The quantitative estimate of drug-likeness (QED) is 0.363. The van der Waals surface area contributed by atoms with Crippen molar-refractivity contribution in [1.29, 1.82) is 0 Å². The molecule has 7 nitrogen and oxygen atoms in total. The number of unbranched alkanes of at least 4 members (excludes halogenated alkanes) is 2. The van der Waals surface area contributed by atoms with Gasteiger partial charge in [0.05, 0.1) is 11.9 Å². The normalized spacial score (nSPS) is 17.8. The third-order valence-electron chi connectivity index (χ3n) is 6.52. The van der Waals surface area contributed by atoms with E-state index in [0.29, 0.717) is 25.1 Å². The number of benzene rings is 1. The number of aromatic nitrogens is 3. The van der Waals surface area contributed by atoms with Gasteiger partial charge in [-0.05, 0) is 36.8 Å². The lowest BCUT2D eigenvalue weighted by Gasteiger charge is -2.35. The van der Waals surface area contributed by atoms with E-state index < -0.39 is 17.7 Å². The number of amides is 2. The third kappa shape index (κ3) is 5.58. The number of H-pyrrole nitrogens is 1. The highest BCUT2D eigenvalue weighted by atomic mass is 19.3. The van der Waals surface area contributed by atoms with Crippen LogP contribution in [-0.4, -0.2) is 39.2 Å². The van der Waals surface area contributed by atoms with Crippen LogP contribution in [0.3, 0.4) is 0 Å². The van der Waals surface area contributed by atoms with Gasteiger partial charge in [-0.2, -0.15) is 0 Å². The van der Waals surface area contributed by atoms with E-state index in [1.165, 1.54) is 0 Å². The SMILES string of the molecule is NC(=O)CCCCCC(CNC(=O)C1CCC1(F)F)c1ncc(-c2ccc3ccncc3c2)[nH]1. The van der Waals surface area contributed by atoms with Crippen molar-refractivity contribution in [3.05, 3.63) is 48.7 Å². The molecule has 2 aromatic heterocycles. The van der Waals surface area contributed by atoms with Gasteiger partial charge >= 0.3 is 0 Å². The first-order chi connectivity index (χ1) is 16.3. The van der Waals surface area contributed by atoms with Gasteiger partial charge in [0.1, 0.15) is 11.7 Å². The smallest absolute Gasteiger partial charge is 0.259 e. The van der Waals surface area contributed by atoms with Crippen molar-refractivity contribution in [3.63, 3.8) is 0 Å². The molecule has 1 aliphatic carbocycles. The molecule has 1 aromatic carbocycles. The van der Waals surface area contributed by atoms with Crippen LogP contribution >= 0.6 is 0 Å². The number of rotatable bonds is 11. The number of aromatic amines is 1. The molecule has 180 valence electrons. The Kier molecular flexibility index (Phi) is 7.19. The largest absolute Gasteiger partial charge is 0.370 e. The topological polar surface area (TPSA) is 114 Å². The van der Waals surface area contributed by atoms with Gasteiger partial charge in [0.2, 0.25) is 11.8 Å². The fourth-order valence-corrected chi connectivity index (χ4v) is 4.32. The zero-order chi connectivity index (χ0) is 24.1. The van der Waals surface area contributed by atoms with E-state index in [9.17, 15) is 18.4 Å². The minimum absolute atomic E-state index is 0.165. The first kappa shape index (κ1) is 23.8. The van der Waals surface area contributed by atoms with E-state index in [2.05, 4.69) is 20.3 Å². The number of nitrogens with two attached hydrogens (primary N) is 1. The fourth-order valence-electron chi connectivity index (χ4n) is 4.32. The Morgan fingerprint density at radius 1 is 1.18 bits per heavy atom. The minimum Gasteiger partial charge on any atom is -0.370 e. The van der Waals surface area contributed by atoms with Crippen LogP contribution < -0.4 is 11.1 Å². The number of halogens is 2. The summed E-state index contributed by atoms with van der Waals surface area (Å²) in [4.78, 5) is 35.3. The maximum absolute atomic E-state index is 13.6. The summed E-state index contributed by atoms with van der Waals surface area (Å²) >= 11 is 0.